The van der Waals surface area contributed by atoms with Crippen LogP contribution in [0.25, 0.3) is 10.2 Å². The van der Waals surface area contributed by atoms with E-state index < -0.39 is 11.7 Å². The van der Waals surface area contributed by atoms with Gasteiger partial charge in [0.1, 0.15) is 0 Å². The van der Waals surface area contributed by atoms with Crippen LogP contribution in [0.5, 0.6) is 5.19 Å². The largest absolute Gasteiger partial charge is 0.416 e. The third kappa shape index (κ3) is 5.49. The van der Waals surface area contributed by atoms with E-state index in [1.165, 1.54) is 23.5 Å². The molecule has 1 aromatic heterocycles. The van der Waals surface area contributed by atoms with Crippen molar-refractivity contribution in [3.63, 3.8) is 0 Å². The molecule has 4 nitrogen and oxygen atoms in total. The van der Waals surface area contributed by atoms with E-state index in [-0.39, 0.29) is 5.19 Å². The van der Waals surface area contributed by atoms with Crippen LogP contribution in [0.4, 0.5) is 18.9 Å². The normalized spacial score (nSPS) is 15.6. The average molecular weight is 449 g/mol. The van der Waals surface area contributed by atoms with Crippen LogP contribution in [0.3, 0.4) is 0 Å². The number of hydrogen-bond donors (Lipinski definition) is 0. The van der Waals surface area contributed by atoms with Crippen molar-refractivity contribution in [3.05, 3.63) is 53.6 Å². The second kappa shape index (κ2) is 9.44. The highest BCUT2D eigenvalue weighted by Crippen LogP contribution is 2.35. The Balaban J connectivity index is 1.17. The van der Waals surface area contributed by atoms with E-state index in [1.807, 2.05) is 12.1 Å². The Labute approximate surface area is 183 Å². The van der Waals surface area contributed by atoms with E-state index in [9.17, 15) is 18.3 Å². The van der Waals surface area contributed by atoms with Crippen molar-refractivity contribution in [2.24, 2.45) is 0 Å². The molecule has 0 unspecified atom stereocenters. The second-order valence-electron chi connectivity index (χ2n) is 7.94. The average Bonchev–Trinajstić information content (AvgIpc) is 3.14. The Bertz CT molecular complexity index is 995. The van der Waals surface area contributed by atoms with E-state index in [0.29, 0.717) is 0 Å². The van der Waals surface area contributed by atoms with Crippen molar-refractivity contribution in [2.45, 2.75) is 31.9 Å². The van der Waals surface area contributed by atoms with Crippen molar-refractivity contribution in [3.8, 4) is 5.19 Å². The minimum atomic E-state index is -4.27. The lowest BCUT2D eigenvalue weighted by Gasteiger charge is -2.36. The quantitative estimate of drug-likeness (QED) is 0.417. The zero-order valence-corrected chi connectivity index (χ0v) is 18.0. The number of thiazole rings is 1. The maximum absolute atomic E-state index is 12.6. The molecule has 8 heteroatoms. The number of nitrogens with zero attached hydrogens (tertiary/aromatic N) is 3. The van der Waals surface area contributed by atoms with Crippen LogP contribution in [-0.2, 0) is 17.7 Å². The molecule has 0 bridgehead atoms. The summed E-state index contributed by atoms with van der Waals surface area (Å²) < 4.78 is 38.8. The van der Waals surface area contributed by atoms with Gasteiger partial charge in [-0.2, -0.15) is 18.2 Å². The van der Waals surface area contributed by atoms with Crippen LogP contribution >= 0.6 is 11.3 Å². The van der Waals surface area contributed by atoms with Crippen LogP contribution in [0, 0.1) is 0 Å². The molecule has 1 fully saturated rings. The van der Waals surface area contributed by atoms with Crippen LogP contribution in [0.2, 0.25) is 0 Å². The fourth-order valence-corrected chi connectivity index (χ4v) is 4.92. The van der Waals surface area contributed by atoms with Gasteiger partial charge in [-0.05, 0) is 55.6 Å². The van der Waals surface area contributed by atoms with Gasteiger partial charge in [0.05, 0.1) is 21.5 Å². The summed E-state index contributed by atoms with van der Waals surface area (Å²) in [4.78, 5) is 8.85. The molecule has 2 aromatic carbocycles. The SMILES string of the molecule is [O]c1nc2cccc(N3CCN(CCCCCc4ccc(C(F)(F)F)cc4)CC3)c2s1. The topological polar surface area (TPSA) is 39.3 Å². The van der Waals surface area contributed by atoms with Crippen molar-refractivity contribution in [1.82, 2.24) is 9.88 Å². The molecule has 4 rings (SSSR count). The van der Waals surface area contributed by atoms with E-state index in [1.54, 1.807) is 12.1 Å². The number of halogens is 3. The molecular weight excluding hydrogens is 423 g/mol. The van der Waals surface area contributed by atoms with Gasteiger partial charge >= 0.3 is 11.4 Å². The number of piperazine rings is 1. The Morgan fingerprint density at radius 3 is 2.39 bits per heavy atom. The molecule has 0 spiro atoms. The van der Waals surface area contributed by atoms with E-state index >= 15 is 0 Å². The zero-order chi connectivity index (χ0) is 21.8. The fraction of sp³-hybridized carbons (Fsp3) is 0.435. The standard InChI is InChI=1S/C23H25F3N3OS/c24-23(25,26)18-10-8-17(9-11-18)5-2-1-3-12-28-13-15-29(16-14-28)20-7-4-6-19-21(20)31-22(30)27-19/h4,6-11H,1-3,5,12-16H2. The first-order valence-electron chi connectivity index (χ1n) is 10.6. The molecule has 0 saturated carbocycles. The van der Waals surface area contributed by atoms with Gasteiger partial charge in [0.2, 0.25) is 0 Å². The lowest BCUT2D eigenvalue weighted by molar-refractivity contribution is -0.137. The molecule has 0 N–H and O–H groups in total. The number of anilines is 1. The van der Waals surface area contributed by atoms with Gasteiger partial charge in [-0.25, -0.2) is 0 Å². The molecule has 2 heterocycles. The van der Waals surface area contributed by atoms with Gasteiger partial charge in [0, 0.05) is 26.2 Å². The van der Waals surface area contributed by atoms with E-state index in [2.05, 4.69) is 20.9 Å². The molecule has 165 valence electrons. The highest BCUT2D eigenvalue weighted by atomic mass is 32.1. The molecule has 1 aliphatic rings. The third-order valence-corrected chi connectivity index (χ3v) is 6.70. The Morgan fingerprint density at radius 2 is 1.68 bits per heavy atom. The number of fused-ring (bicyclic) bond motifs is 1. The van der Waals surface area contributed by atoms with Crippen LogP contribution in [-0.4, -0.2) is 42.6 Å². The number of unbranched alkanes of at least 4 members (excludes halogenated alkanes) is 2. The molecule has 0 atom stereocenters. The number of alkyl halides is 3. The van der Waals surface area contributed by atoms with Gasteiger partial charge in [0.15, 0.2) is 0 Å². The zero-order valence-electron chi connectivity index (χ0n) is 17.2. The van der Waals surface area contributed by atoms with E-state index in [0.717, 1.165) is 79.9 Å². The summed E-state index contributed by atoms with van der Waals surface area (Å²) in [5, 5.41) is 11.5. The summed E-state index contributed by atoms with van der Waals surface area (Å²) in [5.74, 6) is 0. The summed E-state index contributed by atoms with van der Waals surface area (Å²) in [6.07, 6.45) is -0.324. The molecule has 1 saturated heterocycles. The smallest absolute Gasteiger partial charge is 0.368 e. The number of rotatable bonds is 7. The highest BCUT2D eigenvalue weighted by Gasteiger charge is 2.29. The third-order valence-electron chi connectivity index (χ3n) is 5.81. The maximum atomic E-state index is 12.6. The first kappa shape index (κ1) is 21.9. The minimum Gasteiger partial charge on any atom is -0.368 e. The molecule has 3 aromatic rings. The van der Waals surface area contributed by atoms with Gasteiger partial charge < -0.3 is 4.90 Å². The lowest BCUT2D eigenvalue weighted by Crippen LogP contribution is -2.46. The summed E-state index contributed by atoms with van der Waals surface area (Å²) >= 11 is 1.21. The van der Waals surface area contributed by atoms with Gasteiger partial charge in [0.25, 0.3) is 0 Å². The van der Waals surface area contributed by atoms with Crippen molar-refractivity contribution in [2.75, 3.05) is 37.6 Å². The monoisotopic (exact) mass is 448 g/mol. The second-order valence-corrected chi connectivity index (χ2v) is 8.90. The highest BCUT2D eigenvalue weighted by molar-refractivity contribution is 7.20. The van der Waals surface area contributed by atoms with Gasteiger partial charge in [-0.1, -0.05) is 36.0 Å². The predicted octanol–water partition coefficient (Wildman–Crippen LogP) is 5.99. The lowest BCUT2D eigenvalue weighted by atomic mass is 10.0. The van der Waals surface area contributed by atoms with Gasteiger partial charge in [-0.15, -0.1) is 0 Å². The molecule has 31 heavy (non-hydrogen) atoms. The summed E-state index contributed by atoms with van der Waals surface area (Å²) in [7, 11) is 0. The molecule has 0 amide bonds. The van der Waals surface area contributed by atoms with Crippen LogP contribution in [0.15, 0.2) is 42.5 Å². The first-order valence-corrected chi connectivity index (χ1v) is 11.4. The summed E-state index contributed by atoms with van der Waals surface area (Å²) in [5.41, 5.74) is 2.26. The number of hydrogen-bond acceptors (Lipinski definition) is 4. The van der Waals surface area contributed by atoms with E-state index in [4.69, 9.17) is 0 Å². The predicted molar refractivity (Wildman–Crippen MR) is 117 cm³/mol. The molecular formula is C23H25F3N3OS. The minimum absolute atomic E-state index is 0.141. The maximum Gasteiger partial charge on any atom is 0.416 e. The molecule has 0 aliphatic carbocycles. The number of aryl methyl sites for hydroxylation is 1. The Kier molecular flexibility index (Phi) is 6.67. The Morgan fingerprint density at radius 1 is 0.935 bits per heavy atom. The van der Waals surface area contributed by atoms with Crippen LogP contribution in [0.1, 0.15) is 30.4 Å². The Hall–Kier alpha value is -2.32. The van der Waals surface area contributed by atoms with Crippen molar-refractivity contribution >= 4 is 27.2 Å². The molecule has 1 aliphatic heterocycles. The van der Waals surface area contributed by atoms with Gasteiger partial charge in [-0.3, -0.25) is 10.0 Å². The number of benzene rings is 2. The summed E-state index contributed by atoms with van der Waals surface area (Å²) in [6.45, 7) is 4.86. The molecule has 1 radical (unpaired) electrons. The fourth-order valence-electron chi connectivity index (χ4n) is 4.08. The first-order chi connectivity index (χ1) is 14.9. The summed E-state index contributed by atoms with van der Waals surface area (Å²) in [6, 6.07) is 11.4. The number of aromatic nitrogens is 1. The van der Waals surface area contributed by atoms with Crippen LogP contribution < -0.4 is 4.90 Å². The van der Waals surface area contributed by atoms with Crippen molar-refractivity contribution < 1.29 is 18.3 Å². The van der Waals surface area contributed by atoms with Crippen molar-refractivity contribution in [1.29, 1.82) is 0 Å².